The number of methoxy groups -OCH3 is 1. The van der Waals surface area contributed by atoms with Crippen molar-refractivity contribution in [3.63, 3.8) is 0 Å². The topological polar surface area (TPSA) is 59.5 Å². The zero-order valence-corrected chi connectivity index (χ0v) is 14.0. The van der Waals surface area contributed by atoms with Gasteiger partial charge in [0.1, 0.15) is 0 Å². The van der Waals surface area contributed by atoms with E-state index in [1.165, 1.54) is 20.0 Å². The summed E-state index contributed by atoms with van der Waals surface area (Å²) in [6.07, 6.45) is 9.95. The van der Waals surface area contributed by atoms with Crippen molar-refractivity contribution >= 4 is 11.9 Å². The number of esters is 1. The van der Waals surface area contributed by atoms with E-state index in [0.717, 1.165) is 25.7 Å². The maximum Gasteiger partial charge on any atom is 0.310 e. The van der Waals surface area contributed by atoms with E-state index in [0.29, 0.717) is 12.1 Å². The molecule has 1 aromatic rings. The van der Waals surface area contributed by atoms with Gasteiger partial charge in [-0.05, 0) is 25.0 Å². The quantitative estimate of drug-likeness (QED) is 0.618. The predicted octanol–water partition coefficient (Wildman–Crippen LogP) is 3.06. The number of hydrogen-bond donors (Lipinski definition) is 0. The summed E-state index contributed by atoms with van der Waals surface area (Å²) in [6, 6.07) is 3.74. The predicted molar refractivity (Wildman–Crippen MR) is 87.9 cm³/mol. The first-order valence-corrected chi connectivity index (χ1v) is 8.42. The molecule has 1 saturated carbocycles. The Hall–Kier alpha value is -1.91. The second-order valence-electron chi connectivity index (χ2n) is 6.27. The fourth-order valence-electron chi connectivity index (χ4n) is 3.19. The van der Waals surface area contributed by atoms with Crippen molar-refractivity contribution in [3.8, 4) is 0 Å². The molecule has 5 heteroatoms. The molecule has 2 rings (SSSR count). The lowest BCUT2D eigenvalue weighted by Crippen LogP contribution is -2.44. The summed E-state index contributed by atoms with van der Waals surface area (Å²) < 4.78 is 4.82. The summed E-state index contributed by atoms with van der Waals surface area (Å²) in [7, 11) is 1.39. The normalized spacial score (nSPS) is 17.1. The van der Waals surface area contributed by atoms with Crippen LogP contribution < -0.4 is 0 Å². The highest BCUT2D eigenvalue weighted by Gasteiger charge is 2.29. The van der Waals surface area contributed by atoms with Crippen LogP contribution in [0.25, 0.3) is 0 Å². The zero-order valence-electron chi connectivity index (χ0n) is 14.0. The van der Waals surface area contributed by atoms with Crippen molar-refractivity contribution in [3.05, 3.63) is 30.1 Å². The Balaban J connectivity index is 2.19. The number of nitrogens with zero attached hydrogens (tertiary/aromatic N) is 2. The van der Waals surface area contributed by atoms with Crippen molar-refractivity contribution in [1.29, 1.82) is 0 Å². The minimum Gasteiger partial charge on any atom is -0.469 e. The lowest BCUT2D eigenvalue weighted by atomic mass is 10.0. The minimum absolute atomic E-state index is 0.0410. The molecule has 0 aliphatic heterocycles. The van der Waals surface area contributed by atoms with Crippen LogP contribution >= 0.6 is 0 Å². The molecular weight excluding hydrogens is 292 g/mol. The van der Waals surface area contributed by atoms with Crippen LogP contribution in [-0.2, 0) is 9.53 Å². The van der Waals surface area contributed by atoms with Crippen molar-refractivity contribution in [2.75, 3.05) is 13.7 Å². The smallest absolute Gasteiger partial charge is 0.310 e. The zero-order chi connectivity index (χ0) is 16.7. The molecule has 1 atom stereocenters. The van der Waals surface area contributed by atoms with Gasteiger partial charge in [0.2, 0.25) is 0 Å². The van der Waals surface area contributed by atoms with Gasteiger partial charge in [-0.2, -0.15) is 0 Å². The van der Waals surface area contributed by atoms with E-state index in [1.54, 1.807) is 24.5 Å². The summed E-state index contributed by atoms with van der Waals surface area (Å²) >= 11 is 0. The summed E-state index contributed by atoms with van der Waals surface area (Å²) in [5.74, 6) is -0.646. The summed E-state index contributed by atoms with van der Waals surface area (Å²) in [5, 5.41) is 0. The minimum atomic E-state index is -0.330. The van der Waals surface area contributed by atoms with E-state index in [-0.39, 0.29) is 23.8 Å². The third-order valence-electron chi connectivity index (χ3n) is 4.51. The van der Waals surface area contributed by atoms with Gasteiger partial charge in [-0.25, -0.2) is 0 Å². The first-order valence-electron chi connectivity index (χ1n) is 8.42. The van der Waals surface area contributed by atoms with Crippen molar-refractivity contribution in [2.45, 2.75) is 51.5 Å². The number of carbonyl (C=O) groups is 2. The van der Waals surface area contributed by atoms with E-state index in [4.69, 9.17) is 4.74 Å². The summed E-state index contributed by atoms with van der Waals surface area (Å²) in [4.78, 5) is 30.6. The molecule has 1 unspecified atom stereocenters. The third kappa shape index (κ3) is 4.78. The van der Waals surface area contributed by atoms with Gasteiger partial charge >= 0.3 is 5.97 Å². The number of amides is 1. The average Bonchev–Trinajstić information content (AvgIpc) is 2.88. The van der Waals surface area contributed by atoms with E-state index in [2.05, 4.69) is 4.98 Å². The van der Waals surface area contributed by atoms with Crippen LogP contribution in [0.4, 0.5) is 0 Å². The highest BCUT2D eigenvalue weighted by atomic mass is 16.5. The Kier molecular flexibility index (Phi) is 6.56. The van der Waals surface area contributed by atoms with Crippen LogP contribution in [0.5, 0.6) is 0 Å². The second kappa shape index (κ2) is 8.65. The number of ether oxygens (including phenoxy) is 1. The molecule has 1 aliphatic rings. The van der Waals surface area contributed by atoms with Crippen LogP contribution in [0.3, 0.4) is 0 Å². The molecule has 126 valence electrons. The van der Waals surface area contributed by atoms with Gasteiger partial charge in [-0.1, -0.05) is 32.6 Å². The monoisotopic (exact) mass is 318 g/mol. The SMILES string of the molecule is COC(=O)C(C)CN(C(=O)c1cccnc1)C1CCCCCC1. The number of carbonyl (C=O) groups excluding carboxylic acids is 2. The fourth-order valence-corrected chi connectivity index (χ4v) is 3.19. The van der Waals surface area contributed by atoms with Crippen LogP contribution in [0.2, 0.25) is 0 Å². The largest absolute Gasteiger partial charge is 0.469 e. The molecule has 5 nitrogen and oxygen atoms in total. The molecule has 1 aliphatic carbocycles. The molecule has 0 bridgehead atoms. The lowest BCUT2D eigenvalue weighted by molar-refractivity contribution is -0.145. The van der Waals surface area contributed by atoms with Crippen LogP contribution in [-0.4, -0.2) is 41.5 Å². The highest BCUT2D eigenvalue weighted by molar-refractivity contribution is 5.94. The summed E-state index contributed by atoms with van der Waals surface area (Å²) in [6.45, 7) is 2.21. The van der Waals surface area contributed by atoms with Gasteiger partial charge in [0.05, 0.1) is 18.6 Å². The maximum absolute atomic E-state index is 12.9. The van der Waals surface area contributed by atoms with Crippen LogP contribution in [0.15, 0.2) is 24.5 Å². The van der Waals surface area contributed by atoms with E-state index in [9.17, 15) is 9.59 Å². The molecule has 1 heterocycles. The van der Waals surface area contributed by atoms with E-state index in [1.807, 2.05) is 11.8 Å². The van der Waals surface area contributed by atoms with Crippen molar-refractivity contribution in [1.82, 2.24) is 9.88 Å². The van der Waals surface area contributed by atoms with Crippen molar-refractivity contribution < 1.29 is 14.3 Å². The van der Waals surface area contributed by atoms with E-state index < -0.39 is 0 Å². The van der Waals surface area contributed by atoms with Crippen molar-refractivity contribution in [2.24, 2.45) is 5.92 Å². The Labute approximate surface area is 138 Å². The van der Waals surface area contributed by atoms with Gasteiger partial charge < -0.3 is 9.64 Å². The fraction of sp³-hybridized carbons (Fsp3) is 0.611. The molecule has 0 N–H and O–H groups in total. The third-order valence-corrected chi connectivity index (χ3v) is 4.51. The van der Waals surface area contributed by atoms with E-state index >= 15 is 0 Å². The molecule has 0 spiro atoms. The van der Waals surface area contributed by atoms with Crippen LogP contribution in [0.1, 0.15) is 55.8 Å². The maximum atomic E-state index is 12.9. The number of hydrogen-bond acceptors (Lipinski definition) is 4. The Bertz CT molecular complexity index is 510. The molecule has 0 aromatic carbocycles. The molecule has 1 amide bonds. The lowest BCUT2D eigenvalue weighted by Gasteiger charge is -2.33. The van der Waals surface area contributed by atoms with Crippen LogP contribution in [0, 0.1) is 5.92 Å². The highest BCUT2D eigenvalue weighted by Crippen LogP contribution is 2.24. The first kappa shape index (κ1) is 17.4. The molecule has 23 heavy (non-hydrogen) atoms. The molecule has 0 radical (unpaired) electrons. The van der Waals surface area contributed by atoms with Gasteiger partial charge in [0.25, 0.3) is 5.91 Å². The van der Waals surface area contributed by atoms with Gasteiger partial charge in [0.15, 0.2) is 0 Å². The average molecular weight is 318 g/mol. The molecule has 1 aromatic heterocycles. The Morgan fingerprint density at radius 2 is 2.00 bits per heavy atom. The van der Waals surface area contributed by atoms with Gasteiger partial charge in [-0.15, -0.1) is 0 Å². The molecular formula is C18H26N2O3. The summed E-state index contributed by atoms with van der Waals surface area (Å²) in [5.41, 5.74) is 0.578. The molecule has 1 fully saturated rings. The van der Waals surface area contributed by atoms with Gasteiger partial charge in [0, 0.05) is 25.0 Å². The Morgan fingerprint density at radius 3 is 2.57 bits per heavy atom. The standard InChI is InChI=1S/C18H26N2O3/c1-14(18(22)23-2)13-20(16-9-5-3-4-6-10-16)17(21)15-8-7-11-19-12-15/h7-8,11-12,14,16H,3-6,9-10,13H2,1-2H3. The number of rotatable bonds is 5. The molecule has 0 saturated heterocycles. The Morgan fingerprint density at radius 1 is 1.30 bits per heavy atom. The first-order chi connectivity index (χ1) is 11.1. The second-order valence-corrected chi connectivity index (χ2v) is 6.27. The number of pyridine rings is 1. The van der Waals surface area contributed by atoms with Gasteiger partial charge in [-0.3, -0.25) is 14.6 Å². The number of aromatic nitrogens is 1.